The molecule has 0 spiro atoms. The predicted octanol–water partition coefficient (Wildman–Crippen LogP) is 6.01. The first kappa shape index (κ1) is 18.9. The molecule has 0 amide bonds. The first-order valence-electron chi connectivity index (χ1n) is 9.07. The highest BCUT2D eigenvalue weighted by molar-refractivity contribution is 6.89. The molecule has 0 N–H and O–H groups in total. The summed E-state index contributed by atoms with van der Waals surface area (Å²) in [6, 6.07) is 11.2. The lowest BCUT2D eigenvalue weighted by atomic mass is 9.88. The zero-order chi connectivity index (χ0) is 18.1. The van der Waals surface area contributed by atoms with Gasteiger partial charge in [0.25, 0.3) is 0 Å². The predicted molar refractivity (Wildman–Crippen MR) is 110 cm³/mol. The first-order valence-corrected chi connectivity index (χ1v) is 12.6. The lowest BCUT2D eigenvalue weighted by Crippen LogP contribution is -2.41. The zero-order valence-corrected chi connectivity index (χ0v) is 17.7. The lowest BCUT2D eigenvalue weighted by molar-refractivity contribution is 0.412. The number of rotatable bonds is 4. The van der Waals surface area contributed by atoms with Crippen molar-refractivity contribution in [2.45, 2.75) is 66.6 Å². The maximum absolute atomic E-state index is 4.84. The molecule has 2 aromatic rings. The molecule has 0 saturated heterocycles. The average molecular weight is 340 g/mol. The third kappa shape index (κ3) is 4.79. The van der Waals surface area contributed by atoms with E-state index in [0.29, 0.717) is 5.92 Å². The minimum absolute atomic E-state index is 0.285. The van der Waals surface area contributed by atoms with Crippen LogP contribution < -0.4 is 5.19 Å². The monoisotopic (exact) mass is 339 g/mol. The smallest absolute Gasteiger partial charge is 0.0799 e. The maximum Gasteiger partial charge on any atom is 0.0799 e. The minimum atomic E-state index is -1.39. The standard InChI is InChI=1S/C22H33NSi/c1-16(2)17-10-9-11-18(12-17)20-13-19(14-22(3,4)5)21(15-23-20)24(6,7)8/h9-13,15-16H,14H2,1-8H3. The second-order valence-electron chi connectivity index (χ2n) is 9.49. The second kappa shape index (κ2) is 6.83. The van der Waals surface area contributed by atoms with Gasteiger partial charge in [0.1, 0.15) is 0 Å². The Hall–Kier alpha value is -1.41. The van der Waals surface area contributed by atoms with E-state index >= 15 is 0 Å². The summed E-state index contributed by atoms with van der Waals surface area (Å²) in [7, 11) is -1.39. The van der Waals surface area contributed by atoms with E-state index in [2.05, 4.69) is 90.8 Å². The fraction of sp³-hybridized carbons (Fsp3) is 0.500. The number of nitrogens with zero attached hydrogens (tertiary/aromatic N) is 1. The van der Waals surface area contributed by atoms with E-state index in [1.807, 2.05) is 0 Å². The van der Waals surface area contributed by atoms with E-state index in [4.69, 9.17) is 4.98 Å². The molecular formula is C22H33NSi. The molecule has 1 nitrogen and oxygen atoms in total. The van der Waals surface area contributed by atoms with Crippen LogP contribution in [0.25, 0.3) is 11.3 Å². The Balaban J connectivity index is 2.53. The summed E-state index contributed by atoms with van der Waals surface area (Å²) in [4.78, 5) is 4.84. The van der Waals surface area contributed by atoms with Crippen LogP contribution in [-0.4, -0.2) is 13.1 Å². The van der Waals surface area contributed by atoms with Crippen LogP contribution in [0.15, 0.2) is 36.5 Å². The Labute approximate surface area is 149 Å². The van der Waals surface area contributed by atoms with Crippen molar-refractivity contribution in [1.29, 1.82) is 0 Å². The topological polar surface area (TPSA) is 12.9 Å². The summed E-state index contributed by atoms with van der Waals surface area (Å²) in [5.74, 6) is 0.542. The van der Waals surface area contributed by atoms with E-state index in [1.165, 1.54) is 21.9 Å². The van der Waals surface area contributed by atoms with Crippen LogP contribution in [0.4, 0.5) is 0 Å². The minimum Gasteiger partial charge on any atom is -0.256 e. The Kier molecular flexibility index (Phi) is 5.39. The van der Waals surface area contributed by atoms with Crippen LogP contribution in [0, 0.1) is 5.41 Å². The highest BCUT2D eigenvalue weighted by atomic mass is 28.3. The van der Waals surface area contributed by atoms with Gasteiger partial charge in [-0.2, -0.15) is 0 Å². The molecule has 1 aromatic heterocycles. The van der Waals surface area contributed by atoms with Gasteiger partial charge in [-0.15, -0.1) is 0 Å². The molecule has 24 heavy (non-hydrogen) atoms. The molecule has 0 saturated carbocycles. The third-order valence-corrected chi connectivity index (χ3v) is 6.43. The van der Waals surface area contributed by atoms with Crippen molar-refractivity contribution in [3.05, 3.63) is 47.7 Å². The molecule has 0 aliphatic rings. The molecule has 2 heteroatoms. The molecule has 0 unspecified atom stereocenters. The summed E-state index contributed by atoms with van der Waals surface area (Å²) >= 11 is 0. The zero-order valence-electron chi connectivity index (χ0n) is 16.7. The van der Waals surface area contributed by atoms with Crippen LogP contribution in [0.2, 0.25) is 19.6 Å². The Morgan fingerprint density at radius 1 is 1.04 bits per heavy atom. The van der Waals surface area contributed by atoms with Gasteiger partial charge in [0.05, 0.1) is 13.8 Å². The van der Waals surface area contributed by atoms with Crippen molar-refractivity contribution in [2.24, 2.45) is 5.41 Å². The number of pyridine rings is 1. The fourth-order valence-electron chi connectivity index (χ4n) is 3.10. The fourth-order valence-corrected chi connectivity index (χ4v) is 4.68. The molecule has 0 radical (unpaired) electrons. The van der Waals surface area contributed by atoms with Gasteiger partial charge in [-0.1, -0.05) is 72.5 Å². The first-order chi connectivity index (χ1) is 11.0. The van der Waals surface area contributed by atoms with Crippen LogP contribution in [0.3, 0.4) is 0 Å². The van der Waals surface area contributed by atoms with Crippen LogP contribution in [0.5, 0.6) is 0 Å². The average Bonchev–Trinajstić information content (AvgIpc) is 2.44. The maximum atomic E-state index is 4.84. The summed E-state index contributed by atoms with van der Waals surface area (Å²) < 4.78 is 0. The largest absolute Gasteiger partial charge is 0.256 e. The van der Waals surface area contributed by atoms with Crippen molar-refractivity contribution in [1.82, 2.24) is 4.98 Å². The quantitative estimate of drug-likeness (QED) is 0.622. The van der Waals surface area contributed by atoms with Gasteiger partial charge in [0.15, 0.2) is 0 Å². The summed E-state index contributed by atoms with van der Waals surface area (Å²) in [6.45, 7) is 18.7. The van der Waals surface area contributed by atoms with Crippen molar-refractivity contribution >= 4 is 13.3 Å². The van der Waals surface area contributed by atoms with Crippen LogP contribution >= 0.6 is 0 Å². The molecule has 2 rings (SSSR count). The normalized spacial score (nSPS) is 12.7. The van der Waals surface area contributed by atoms with Crippen molar-refractivity contribution in [3.63, 3.8) is 0 Å². The highest BCUT2D eigenvalue weighted by Crippen LogP contribution is 2.26. The van der Waals surface area contributed by atoms with Gasteiger partial charge >= 0.3 is 0 Å². The van der Waals surface area contributed by atoms with Crippen molar-refractivity contribution in [2.75, 3.05) is 0 Å². The second-order valence-corrected chi connectivity index (χ2v) is 14.5. The van der Waals surface area contributed by atoms with E-state index < -0.39 is 8.07 Å². The molecular weight excluding hydrogens is 306 g/mol. The van der Waals surface area contributed by atoms with Crippen molar-refractivity contribution < 1.29 is 0 Å². The number of hydrogen-bond donors (Lipinski definition) is 0. The van der Waals surface area contributed by atoms with Crippen LogP contribution in [0.1, 0.15) is 51.7 Å². The molecule has 0 aliphatic heterocycles. The van der Waals surface area contributed by atoms with Gasteiger partial charge in [0.2, 0.25) is 0 Å². The van der Waals surface area contributed by atoms with Crippen molar-refractivity contribution in [3.8, 4) is 11.3 Å². The highest BCUT2D eigenvalue weighted by Gasteiger charge is 2.24. The van der Waals surface area contributed by atoms with E-state index in [1.54, 1.807) is 0 Å². The number of benzene rings is 1. The lowest BCUT2D eigenvalue weighted by Gasteiger charge is -2.26. The van der Waals surface area contributed by atoms with E-state index in [-0.39, 0.29) is 5.41 Å². The molecule has 0 aliphatic carbocycles. The summed E-state index contributed by atoms with van der Waals surface area (Å²) in [5, 5.41) is 1.50. The van der Waals surface area contributed by atoms with Gasteiger partial charge in [-0.05, 0) is 46.2 Å². The molecule has 130 valence electrons. The summed E-state index contributed by atoms with van der Waals surface area (Å²) in [6.07, 6.45) is 3.26. The number of aromatic nitrogens is 1. The van der Waals surface area contributed by atoms with E-state index in [9.17, 15) is 0 Å². The molecule has 0 fully saturated rings. The Bertz CT molecular complexity index is 703. The van der Waals surface area contributed by atoms with Gasteiger partial charge in [-0.3, -0.25) is 4.98 Å². The molecule has 0 bridgehead atoms. The molecule has 0 atom stereocenters. The molecule has 1 heterocycles. The Morgan fingerprint density at radius 2 is 1.71 bits per heavy atom. The van der Waals surface area contributed by atoms with E-state index in [0.717, 1.165) is 12.1 Å². The van der Waals surface area contributed by atoms with Gasteiger partial charge in [0, 0.05) is 11.8 Å². The number of hydrogen-bond acceptors (Lipinski definition) is 1. The summed E-state index contributed by atoms with van der Waals surface area (Å²) in [5.41, 5.74) is 5.49. The Morgan fingerprint density at radius 3 is 2.25 bits per heavy atom. The SMILES string of the molecule is CC(C)c1cccc(-c2cc(CC(C)(C)C)c([Si](C)(C)C)cn2)c1. The molecule has 1 aromatic carbocycles. The third-order valence-electron chi connectivity index (χ3n) is 4.37. The van der Waals surface area contributed by atoms with Gasteiger partial charge in [-0.25, -0.2) is 0 Å². The van der Waals surface area contributed by atoms with Gasteiger partial charge < -0.3 is 0 Å². The van der Waals surface area contributed by atoms with Crippen LogP contribution in [-0.2, 0) is 6.42 Å².